The van der Waals surface area contributed by atoms with Crippen LogP contribution >= 0.6 is 0 Å². The minimum atomic E-state index is -0.488. The maximum atomic E-state index is 11.5. The van der Waals surface area contributed by atoms with E-state index in [9.17, 15) is 4.79 Å². The number of rotatable bonds is 3. The van der Waals surface area contributed by atoms with E-state index >= 15 is 0 Å². The molecule has 2 aromatic rings. The van der Waals surface area contributed by atoms with E-state index in [-0.39, 0.29) is 11.4 Å². The van der Waals surface area contributed by atoms with Crippen LogP contribution in [0.1, 0.15) is 17.3 Å². The second-order valence-corrected chi connectivity index (χ2v) is 3.18. The van der Waals surface area contributed by atoms with E-state index in [1.54, 1.807) is 13.0 Å². The van der Waals surface area contributed by atoms with Crippen LogP contribution in [0.15, 0.2) is 24.7 Å². The first-order valence-electron chi connectivity index (χ1n) is 5.01. The van der Waals surface area contributed by atoms with E-state index in [0.29, 0.717) is 12.3 Å². The molecule has 0 aliphatic rings. The standard InChI is InChI=1S/C10H11N5O2/c1-2-17-10(16)8-6-14-15(9(8)11)7-3-4-12-13-5-7/h3-6H,2,11H2,1H3. The van der Waals surface area contributed by atoms with Gasteiger partial charge in [0.05, 0.1) is 30.9 Å². The summed E-state index contributed by atoms with van der Waals surface area (Å²) in [4.78, 5) is 11.5. The van der Waals surface area contributed by atoms with Gasteiger partial charge < -0.3 is 10.5 Å². The normalized spacial score (nSPS) is 10.2. The average Bonchev–Trinajstić information content (AvgIpc) is 2.72. The summed E-state index contributed by atoms with van der Waals surface area (Å²) in [5, 5.41) is 11.4. The molecule has 2 aromatic heterocycles. The molecule has 7 heteroatoms. The lowest BCUT2D eigenvalue weighted by molar-refractivity contribution is 0.0527. The summed E-state index contributed by atoms with van der Waals surface area (Å²) in [7, 11) is 0. The van der Waals surface area contributed by atoms with Crippen LogP contribution in [0.5, 0.6) is 0 Å². The Morgan fingerprint density at radius 1 is 1.47 bits per heavy atom. The zero-order valence-corrected chi connectivity index (χ0v) is 9.20. The van der Waals surface area contributed by atoms with Gasteiger partial charge in [-0.15, -0.1) is 0 Å². The lowest BCUT2D eigenvalue weighted by atomic mass is 10.3. The predicted molar refractivity (Wildman–Crippen MR) is 59.5 cm³/mol. The van der Waals surface area contributed by atoms with E-state index < -0.39 is 5.97 Å². The molecule has 0 bridgehead atoms. The van der Waals surface area contributed by atoms with Gasteiger partial charge in [-0.25, -0.2) is 9.48 Å². The molecule has 2 rings (SSSR count). The number of nitrogens with two attached hydrogens (primary N) is 1. The van der Waals surface area contributed by atoms with Crippen molar-refractivity contribution in [3.05, 3.63) is 30.2 Å². The molecule has 0 radical (unpaired) electrons. The molecule has 7 nitrogen and oxygen atoms in total. The summed E-state index contributed by atoms with van der Waals surface area (Å²) in [6.45, 7) is 2.02. The number of nitrogens with zero attached hydrogens (tertiary/aromatic N) is 4. The van der Waals surface area contributed by atoms with Gasteiger partial charge in [0.25, 0.3) is 0 Å². The number of carbonyl (C=O) groups excluding carboxylic acids is 1. The topological polar surface area (TPSA) is 95.9 Å². The lowest BCUT2D eigenvalue weighted by Crippen LogP contribution is -2.09. The third-order valence-electron chi connectivity index (χ3n) is 2.11. The highest BCUT2D eigenvalue weighted by Gasteiger charge is 2.16. The number of aromatic nitrogens is 4. The maximum absolute atomic E-state index is 11.5. The first-order valence-corrected chi connectivity index (χ1v) is 5.01. The van der Waals surface area contributed by atoms with Crippen molar-refractivity contribution >= 4 is 11.8 Å². The van der Waals surface area contributed by atoms with Crippen LogP contribution in [-0.2, 0) is 4.74 Å². The van der Waals surface area contributed by atoms with E-state index in [0.717, 1.165) is 0 Å². The molecule has 2 heterocycles. The van der Waals surface area contributed by atoms with Crippen LogP contribution < -0.4 is 5.73 Å². The Balaban J connectivity index is 2.37. The highest BCUT2D eigenvalue weighted by atomic mass is 16.5. The molecule has 0 aliphatic carbocycles. The van der Waals surface area contributed by atoms with E-state index in [1.165, 1.54) is 23.3 Å². The summed E-state index contributed by atoms with van der Waals surface area (Å²) in [5.74, 6) is -0.269. The van der Waals surface area contributed by atoms with Gasteiger partial charge in [0.2, 0.25) is 0 Å². The molecular formula is C10H11N5O2. The Labute approximate surface area is 97.2 Å². The third-order valence-corrected chi connectivity index (χ3v) is 2.11. The third kappa shape index (κ3) is 2.07. The molecule has 0 unspecified atom stereocenters. The number of esters is 1. The van der Waals surface area contributed by atoms with E-state index in [2.05, 4.69) is 15.3 Å². The Bertz CT molecular complexity index is 523. The van der Waals surface area contributed by atoms with Crippen molar-refractivity contribution in [1.82, 2.24) is 20.0 Å². The molecule has 0 amide bonds. The number of anilines is 1. The predicted octanol–water partition coefficient (Wildman–Crippen LogP) is 0.421. The fraction of sp³-hybridized carbons (Fsp3) is 0.200. The van der Waals surface area contributed by atoms with Crippen LogP contribution in [0.4, 0.5) is 5.82 Å². The van der Waals surface area contributed by atoms with Crippen molar-refractivity contribution < 1.29 is 9.53 Å². The van der Waals surface area contributed by atoms with Crippen LogP contribution in [0.2, 0.25) is 0 Å². The SMILES string of the molecule is CCOC(=O)c1cnn(-c2ccnnc2)c1N. The van der Waals surface area contributed by atoms with E-state index in [4.69, 9.17) is 10.5 Å². The highest BCUT2D eigenvalue weighted by Crippen LogP contribution is 2.16. The molecule has 0 fully saturated rings. The number of carbonyl (C=O) groups is 1. The minimum absolute atomic E-state index is 0.219. The number of nitrogen functional groups attached to an aromatic ring is 1. The van der Waals surface area contributed by atoms with Gasteiger partial charge in [-0.1, -0.05) is 0 Å². The molecule has 88 valence electrons. The molecule has 0 saturated carbocycles. The van der Waals surface area contributed by atoms with Gasteiger partial charge in [0.15, 0.2) is 0 Å². The second-order valence-electron chi connectivity index (χ2n) is 3.18. The Morgan fingerprint density at radius 2 is 2.29 bits per heavy atom. The molecule has 0 aliphatic heterocycles. The Hall–Kier alpha value is -2.44. The van der Waals surface area contributed by atoms with Crippen LogP contribution in [0, 0.1) is 0 Å². The molecule has 0 saturated heterocycles. The Kier molecular flexibility index (Phi) is 2.99. The molecular weight excluding hydrogens is 222 g/mol. The van der Waals surface area contributed by atoms with E-state index in [1.807, 2.05) is 0 Å². The first-order chi connectivity index (χ1) is 8.24. The molecule has 17 heavy (non-hydrogen) atoms. The smallest absolute Gasteiger partial charge is 0.343 e. The monoisotopic (exact) mass is 233 g/mol. The average molecular weight is 233 g/mol. The number of ether oxygens (including phenoxy) is 1. The van der Waals surface area contributed by atoms with Gasteiger partial charge in [-0.05, 0) is 13.0 Å². The molecule has 2 N–H and O–H groups in total. The fourth-order valence-electron chi connectivity index (χ4n) is 1.34. The maximum Gasteiger partial charge on any atom is 0.343 e. The zero-order chi connectivity index (χ0) is 12.3. The summed E-state index contributed by atoms with van der Waals surface area (Å²) in [6.07, 6.45) is 4.38. The van der Waals surface area contributed by atoms with Crippen molar-refractivity contribution in [3.63, 3.8) is 0 Å². The largest absolute Gasteiger partial charge is 0.462 e. The molecule has 0 atom stereocenters. The summed E-state index contributed by atoms with van der Waals surface area (Å²) in [5.41, 5.74) is 6.69. The number of hydrogen-bond acceptors (Lipinski definition) is 6. The van der Waals surface area contributed by atoms with Crippen LogP contribution in [0.25, 0.3) is 5.69 Å². The summed E-state index contributed by atoms with van der Waals surface area (Å²) < 4.78 is 6.26. The number of hydrogen-bond donors (Lipinski definition) is 1. The van der Waals surface area contributed by atoms with Gasteiger partial charge in [-0.3, -0.25) is 0 Å². The first kappa shape index (κ1) is 11.1. The Morgan fingerprint density at radius 3 is 2.94 bits per heavy atom. The summed E-state index contributed by atoms with van der Waals surface area (Å²) in [6, 6.07) is 1.69. The lowest BCUT2D eigenvalue weighted by Gasteiger charge is -2.03. The van der Waals surface area contributed by atoms with Gasteiger partial charge in [-0.2, -0.15) is 15.3 Å². The van der Waals surface area contributed by atoms with Crippen molar-refractivity contribution in [2.45, 2.75) is 6.92 Å². The highest BCUT2D eigenvalue weighted by molar-refractivity contribution is 5.94. The van der Waals surface area contributed by atoms with Crippen molar-refractivity contribution in [1.29, 1.82) is 0 Å². The fourth-order valence-corrected chi connectivity index (χ4v) is 1.34. The van der Waals surface area contributed by atoms with Crippen molar-refractivity contribution in [2.24, 2.45) is 0 Å². The summed E-state index contributed by atoms with van der Waals surface area (Å²) >= 11 is 0. The zero-order valence-electron chi connectivity index (χ0n) is 9.20. The van der Waals surface area contributed by atoms with Gasteiger partial charge >= 0.3 is 5.97 Å². The quantitative estimate of drug-likeness (QED) is 0.772. The molecule has 0 aromatic carbocycles. The van der Waals surface area contributed by atoms with Crippen LogP contribution in [0.3, 0.4) is 0 Å². The second kappa shape index (κ2) is 4.60. The minimum Gasteiger partial charge on any atom is -0.462 e. The van der Waals surface area contributed by atoms with Gasteiger partial charge in [0.1, 0.15) is 11.4 Å². The van der Waals surface area contributed by atoms with Crippen LogP contribution in [-0.4, -0.2) is 32.6 Å². The van der Waals surface area contributed by atoms with Gasteiger partial charge in [0, 0.05) is 0 Å². The van der Waals surface area contributed by atoms with Crippen molar-refractivity contribution in [3.8, 4) is 5.69 Å². The molecule has 0 spiro atoms. The van der Waals surface area contributed by atoms with Crippen molar-refractivity contribution in [2.75, 3.05) is 12.3 Å².